The monoisotopic (exact) mass is 304 g/mol. The van der Waals surface area contributed by atoms with Crippen LogP contribution in [-0.2, 0) is 4.79 Å². The van der Waals surface area contributed by atoms with Crippen LogP contribution in [0, 0.1) is 11.8 Å². The van der Waals surface area contributed by atoms with Crippen molar-refractivity contribution in [3.05, 3.63) is 22.4 Å². The molecular weight excluding hydrogens is 280 g/mol. The minimum absolute atomic E-state index is 0.114. The van der Waals surface area contributed by atoms with Crippen molar-refractivity contribution < 1.29 is 4.79 Å². The van der Waals surface area contributed by atoms with Crippen LogP contribution < -0.4 is 5.32 Å². The van der Waals surface area contributed by atoms with E-state index in [9.17, 15) is 4.79 Å². The zero-order valence-electron chi connectivity index (χ0n) is 12.8. The van der Waals surface area contributed by atoms with Gasteiger partial charge in [-0.1, -0.05) is 26.3 Å². The highest BCUT2D eigenvalue weighted by Crippen LogP contribution is 2.50. The van der Waals surface area contributed by atoms with Crippen molar-refractivity contribution in [3.8, 4) is 0 Å². The maximum atomic E-state index is 13.0. The van der Waals surface area contributed by atoms with Gasteiger partial charge in [0.2, 0.25) is 5.91 Å². The van der Waals surface area contributed by atoms with E-state index in [1.807, 2.05) is 0 Å². The molecule has 0 bridgehead atoms. The molecule has 3 aliphatic rings. The second-order valence-corrected chi connectivity index (χ2v) is 8.01. The van der Waals surface area contributed by atoms with Gasteiger partial charge < -0.3 is 4.90 Å². The molecule has 1 aliphatic heterocycles. The van der Waals surface area contributed by atoms with Crippen LogP contribution in [0.2, 0.25) is 0 Å². The maximum Gasteiger partial charge on any atom is 0.244 e. The van der Waals surface area contributed by atoms with E-state index in [1.54, 1.807) is 11.3 Å². The number of carbonyl (C=O) groups excluding carboxylic acids is 1. The number of nitrogens with one attached hydrogen (secondary N) is 1. The molecule has 114 valence electrons. The van der Waals surface area contributed by atoms with Crippen molar-refractivity contribution in [2.45, 2.75) is 63.7 Å². The van der Waals surface area contributed by atoms with Crippen molar-refractivity contribution in [2.24, 2.45) is 11.8 Å². The molecule has 0 radical (unpaired) electrons. The molecule has 4 heteroatoms. The Morgan fingerprint density at radius 3 is 2.81 bits per heavy atom. The molecule has 1 amide bonds. The Labute approximate surface area is 130 Å². The number of thiophene rings is 1. The van der Waals surface area contributed by atoms with Crippen LogP contribution in [0.25, 0.3) is 0 Å². The third kappa shape index (κ3) is 1.99. The van der Waals surface area contributed by atoms with E-state index in [1.165, 1.54) is 24.1 Å². The topological polar surface area (TPSA) is 32.3 Å². The van der Waals surface area contributed by atoms with Crippen molar-refractivity contribution >= 4 is 17.2 Å². The molecule has 3 nitrogen and oxygen atoms in total. The Kier molecular flexibility index (Phi) is 3.16. The summed E-state index contributed by atoms with van der Waals surface area (Å²) in [6.45, 7) is 4.63. The number of amides is 1. The summed E-state index contributed by atoms with van der Waals surface area (Å²) in [7, 11) is 0. The quantitative estimate of drug-likeness (QED) is 0.926. The van der Waals surface area contributed by atoms with Crippen molar-refractivity contribution in [1.82, 2.24) is 10.2 Å². The van der Waals surface area contributed by atoms with Gasteiger partial charge in [0, 0.05) is 10.9 Å². The molecule has 2 saturated carbocycles. The van der Waals surface area contributed by atoms with Crippen LogP contribution in [-0.4, -0.2) is 22.4 Å². The largest absolute Gasteiger partial charge is 0.317 e. The summed E-state index contributed by atoms with van der Waals surface area (Å²) in [5.74, 6) is 1.77. The Hall–Kier alpha value is -0.870. The summed E-state index contributed by atoms with van der Waals surface area (Å²) < 4.78 is 0. The summed E-state index contributed by atoms with van der Waals surface area (Å²) in [4.78, 5) is 16.5. The normalized spacial score (nSPS) is 37.6. The number of hydrogen-bond donors (Lipinski definition) is 1. The molecule has 1 N–H and O–H groups in total. The zero-order valence-corrected chi connectivity index (χ0v) is 13.7. The summed E-state index contributed by atoms with van der Waals surface area (Å²) in [6, 6.07) is 4.68. The van der Waals surface area contributed by atoms with Gasteiger partial charge in [0.1, 0.15) is 11.7 Å². The Morgan fingerprint density at radius 1 is 1.43 bits per heavy atom. The first kappa shape index (κ1) is 13.8. The van der Waals surface area contributed by atoms with Crippen LogP contribution in [0.4, 0.5) is 0 Å². The van der Waals surface area contributed by atoms with Gasteiger partial charge >= 0.3 is 0 Å². The second kappa shape index (κ2) is 4.82. The summed E-state index contributed by atoms with van der Waals surface area (Å²) in [6.07, 6.45) is 5.83. The van der Waals surface area contributed by atoms with Crippen LogP contribution >= 0.6 is 11.3 Å². The molecule has 4 rings (SSSR count). The lowest BCUT2D eigenvalue weighted by atomic mass is 9.92. The molecule has 1 saturated heterocycles. The summed E-state index contributed by atoms with van der Waals surface area (Å²) in [5, 5.41) is 5.78. The van der Waals surface area contributed by atoms with Crippen molar-refractivity contribution in [2.75, 3.05) is 0 Å². The lowest BCUT2D eigenvalue weighted by Crippen LogP contribution is -2.42. The molecule has 1 aromatic heterocycles. The molecule has 4 unspecified atom stereocenters. The first-order chi connectivity index (χ1) is 10.2. The number of carbonyl (C=O) groups is 1. The van der Waals surface area contributed by atoms with E-state index in [2.05, 4.69) is 41.6 Å². The molecular formula is C17H24N2OS. The standard InChI is InChI=1S/C17H24N2OS/c1-3-12-6-7-13(11(12)2)19-15(14-5-4-10-21-14)18-17(8-9-17)16(19)20/h4-5,10-13,15,18H,3,6-9H2,1-2H3. The molecule has 4 atom stereocenters. The van der Waals surface area contributed by atoms with Gasteiger partial charge in [-0.05, 0) is 49.0 Å². The fourth-order valence-corrected chi connectivity index (χ4v) is 5.20. The molecule has 2 aliphatic carbocycles. The van der Waals surface area contributed by atoms with Crippen LogP contribution in [0.5, 0.6) is 0 Å². The van der Waals surface area contributed by atoms with Crippen LogP contribution in [0.3, 0.4) is 0 Å². The van der Waals surface area contributed by atoms with Gasteiger partial charge in [-0.2, -0.15) is 0 Å². The predicted molar refractivity (Wildman–Crippen MR) is 85.0 cm³/mol. The molecule has 1 aromatic rings. The molecule has 2 heterocycles. The Balaban J connectivity index is 1.66. The average Bonchev–Trinajstić information content (AvgIpc) is 2.84. The van der Waals surface area contributed by atoms with Crippen molar-refractivity contribution in [3.63, 3.8) is 0 Å². The summed E-state index contributed by atoms with van der Waals surface area (Å²) >= 11 is 1.76. The number of nitrogens with zero attached hydrogens (tertiary/aromatic N) is 1. The Bertz CT molecular complexity index is 537. The van der Waals surface area contributed by atoms with E-state index in [-0.39, 0.29) is 11.7 Å². The minimum atomic E-state index is -0.210. The maximum absolute atomic E-state index is 13.0. The average molecular weight is 304 g/mol. The second-order valence-electron chi connectivity index (χ2n) is 7.03. The SMILES string of the molecule is CCC1CCC(N2C(=O)C3(CC3)NC2c2cccs2)C1C. The first-order valence-corrected chi connectivity index (χ1v) is 9.18. The van der Waals surface area contributed by atoms with Gasteiger partial charge in [-0.15, -0.1) is 11.3 Å². The third-order valence-electron chi connectivity index (χ3n) is 5.96. The number of rotatable bonds is 3. The highest BCUT2D eigenvalue weighted by atomic mass is 32.1. The summed E-state index contributed by atoms with van der Waals surface area (Å²) in [5.41, 5.74) is -0.210. The number of hydrogen-bond acceptors (Lipinski definition) is 3. The van der Waals surface area contributed by atoms with Gasteiger partial charge in [0.25, 0.3) is 0 Å². The van der Waals surface area contributed by atoms with Crippen LogP contribution in [0.1, 0.15) is 57.0 Å². The van der Waals surface area contributed by atoms with Crippen molar-refractivity contribution in [1.29, 1.82) is 0 Å². The Morgan fingerprint density at radius 2 is 2.24 bits per heavy atom. The highest BCUT2D eigenvalue weighted by Gasteiger charge is 2.61. The molecule has 0 aromatic carbocycles. The molecule has 1 spiro atoms. The third-order valence-corrected chi connectivity index (χ3v) is 6.89. The lowest BCUT2D eigenvalue weighted by Gasteiger charge is -2.33. The van der Waals surface area contributed by atoms with E-state index in [0.29, 0.717) is 17.9 Å². The van der Waals surface area contributed by atoms with E-state index in [0.717, 1.165) is 18.8 Å². The lowest BCUT2D eigenvalue weighted by molar-refractivity contribution is -0.133. The van der Waals surface area contributed by atoms with E-state index < -0.39 is 0 Å². The van der Waals surface area contributed by atoms with Gasteiger partial charge in [-0.3, -0.25) is 10.1 Å². The molecule has 21 heavy (non-hydrogen) atoms. The first-order valence-electron chi connectivity index (χ1n) is 8.30. The minimum Gasteiger partial charge on any atom is -0.317 e. The van der Waals surface area contributed by atoms with E-state index in [4.69, 9.17) is 0 Å². The van der Waals surface area contributed by atoms with Crippen LogP contribution in [0.15, 0.2) is 17.5 Å². The van der Waals surface area contributed by atoms with E-state index >= 15 is 0 Å². The molecule has 3 fully saturated rings. The predicted octanol–water partition coefficient (Wildman–Crippen LogP) is 3.54. The fourth-order valence-electron chi connectivity index (χ4n) is 4.43. The highest BCUT2D eigenvalue weighted by molar-refractivity contribution is 7.10. The fraction of sp³-hybridized carbons (Fsp3) is 0.706. The van der Waals surface area contributed by atoms with Gasteiger partial charge in [0.15, 0.2) is 0 Å². The zero-order chi connectivity index (χ0) is 14.6. The smallest absolute Gasteiger partial charge is 0.244 e. The van der Waals surface area contributed by atoms with Gasteiger partial charge in [0.05, 0.1) is 0 Å². The van der Waals surface area contributed by atoms with Gasteiger partial charge in [-0.25, -0.2) is 0 Å².